The number of aliphatic hydroxyl groups excluding tert-OH is 2. The lowest BCUT2D eigenvalue weighted by Crippen LogP contribution is -2.31. The van der Waals surface area contributed by atoms with Gasteiger partial charge in [0, 0.05) is 36.5 Å². The minimum absolute atomic E-state index is 0.0428. The molecule has 0 atom stereocenters. The lowest BCUT2D eigenvalue weighted by molar-refractivity contribution is 0.202. The van der Waals surface area contributed by atoms with E-state index in [1.807, 2.05) is 17.0 Å². The summed E-state index contributed by atoms with van der Waals surface area (Å²) in [6.07, 6.45) is 0. The van der Waals surface area contributed by atoms with E-state index in [1.54, 1.807) is 13.2 Å². The second kappa shape index (κ2) is 7.50. The number of hydrogen-bond acceptors (Lipinski definition) is 4. The van der Waals surface area contributed by atoms with Crippen molar-refractivity contribution in [3.63, 3.8) is 0 Å². The third-order valence-electron chi connectivity index (χ3n) is 2.53. The van der Waals surface area contributed by atoms with E-state index in [9.17, 15) is 5.11 Å². The summed E-state index contributed by atoms with van der Waals surface area (Å²) in [6.45, 7) is 1.60. The molecule has 0 spiro atoms. The predicted molar refractivity (Wildman–Crippen MR) is 68.5 cm³/mol. The van der Waals surface area contributed by atoms with Crippen molar-refractivity contribution in [3.8, 4) is 0 Å². The highest BCUT2D eigenvalue weighted by Crippen LogP contribution is 2.27. The summed E-state index contributed by atoms with van der Waals surface area (Å²) in [5.41, 5.74) is 1.52. The van der Waals surface area contributed by atoms with Crippen LogP contribution in [-0.2, 0) is 11.3 Å². The minimum atomic E-state index is -0.121. The van der Waals surface area contributed by atoms with Crippen molar-refractivity contribution < 1.29 is 14.9 Å². The molecule has 0 bridgehead atoms. The van der Waals surface area contributed by atoms with Gasteiger partial charge in [-0.1, -0.05) is 17.7 Å². The van der Waals surface area contributed by atoms with Crippen LogP contribution in [0, 0.1) is 0 Å². The van der Waals surface area contributed by atoms with E-state index >= 15 is 0 Å². The molecule has 0 unspecified atom stereocenters. The van der Waals surface area contributed by atoms with Gasteiger partial charge < -0.3 is 19.8 Å². The van der Waals surface area contributed by atoms with Crippen LogP contribution in [0.3, 0.4) is 0 Å². The van der Waals surface area contributed by atoms with Gasteiger partial charge in [0.15, 0.2) is 0 Å². The number of anilines is 1. The molecule has 0 aliphatic heterocycles. The highest BCUT2D eigenvalue weighted by Gasteiger charge is 2.12. The van der Waals surface area contributed by atoms with Crippen LogP contribution < -0.4 is 4.90 Å². The van der Waals surface area contributed by atoms with Crippen molar-refractivity contribution in [1.29, 1.82) is 0 Å². The van der Waals surface area contributed by atoms with Crippen LogP contribution in [0.5, 0.6) is 0 Å². The van der Waals surface area contributed by atoms with Gasteiger partial charge in [0.2, 0.25) is 0 Å². The normalized spacial score (nSPS) is 10.6. The summed E-state index contributed by atoms with van der Waals surface area (Å²) in [7, 11) is 1.63. The van der Waals surface area contributed by atoms with Gasteiger partial charge in [-0.05, 0) is 12.1 Å². The zero-order chi connectivity index (χ0) is 12.7. The Morgan fingerprint density at radius 1 is 1.29 bits per heavy atom. The first-order valence-corrected chi connectivity index (χ1v) is 5.85. The largest absolute Gasteiger partial charge is 0.395 e. The van der Waals surface area contributed by atoms with Crippen LogP contribution in [0.25, 0.3) is 0 Å². The monoisotopic (exact) mass is 259 g/mol. The molecule has 0 aliphatic rings. The van der Waals surface area contributed by atoms with Gasteiger partial charge in [0.25, 0.3) is 0 Å². The Morgan fingerprint density at radius 3 is 2.65 bits per heavy atom. The second-order valence-corrected chi connectivity index (χ2v) is 4.01. The van der Waals surface area contributed by atoms with E-state index in [4.69, 9.17) is 21.4 Å². The van der Waals surface area contributed by atoms with Gasteiger partial charge in [-0.2, -0.15) is 0 Å². The molecule has 0 radical (unpaired) electrons. The minimum Gasteiger partial charge on any atom is -0.395 e. The molecule has 4 nitrogen and oxygen atoms in total. The highest BCUT2D eigenvalue weighted by atomic mass is 35.5. The topological polar surface area (TPSA) is 52.9 Å². The Balaban J connectivity index is 2.95. The Hall–Kier alpha value is -0.810. The lowest BCUT2D eigenvalue weighted by atomic mass is 10.1. The van der Waals surface area contributed by atoms with E-state index in [2.05, 4.69) is 0 Å². The summed E-state index contributed by atoms with van der Waals surface area (Å²) >= 11 is 6.03. The van der Waals surface area contributed by atoms with Gasteiger partial charge in [0.05, 0.1) is 19.8 Å². The molecule has 1 aromatic rings. The van der Waals surface area contributed by atoms with Crippen LogP contribution in [0.15, 0.2) is 18.2 Å². The van der Waals surface area contributed by atoms with Crippen molar-refractivity contribution in [3.05, 3.63) is 28.8 Å². The second-order valence-electron chi connectivity index (χ2n) is 3.60. The van der Waals surface area contributed by atoms with Gasteiger partial charge in [-0.25, -0.2) is 0 Å². The molecule has 1 rings (SSSR count). The number of benzene rings is 1. The molecular formula is C12H18ClNO3. The van der Waals surface area contributed by atoms with E-state index in [0.29, 0.717) is 30.3 Å². The molecule has 5 heteroatoms. The van der Waals surface area contributed by atoms with Crippen molar-refractivity contribution >= 4 is 17.3 Å². The maximum absolute atomic E-state index is 9.34. The smallest absolute Gasteiger partial charge is 0.0716 e. The molecule has 0 saturated carbocycles. The van der Waals surface area contributed by atoms with Crippen molar-refractivity contribution in [2.45, 2.75) is 6.61 Å². The van der Waals surface area contributed by atoms with Crippen LogP contribution >= 0.6 is 11.6 Å². The number of hydrogen-bond donors (Lipinski definition) is 2. The van der Waals surface area contributed by atoms with Gasteiger partial charge >= 0.3 is 0 Å². The SMILES string of the molecule is COCCN(CCO)c1cccc(Cl)c1CO. The van der Waals surface area contributed by atoms with Crippen LogP contribution in [-0.4, -0.2) is 43.6 Å². The molecule has 2 N–H and O–H groups in total. The van der Waals surface area contributed by atoms with Crippen LogP contribution in [0.4, 0.5) is 5.69 Å². The third-order valence-corrected chi connectivity index (χ3v) is 2.88. The Morgan fingerprint density at radius 2 is 2.06 bits per heavy atom. The first kappa shape index (κ1) is 14.3. The average molecular weight is 260 g/mol. The summed E-state index contributed by atoms with van der Waals surface area (Å²) in [5.74, 6) is 0. The summed E-state index contributed by atoms with van der Waals surface area (Å²) in [4.78, 5) is 1.95. The zero-order valence-corrected chi connectivity index (χ0v) is 10.7. The fourth-order valence-electron chi connectivity index (χ4n) is 1.67. The molecule has 0 heterocycles. The number of halogens is 1. The molecule has 17 heavy (non-hydrogen) atoms. The fraction of sp³-hybridized carbons (Fsp3) is 0.500. The number of ether oxygens (including phenoxy) is 1. The van der Waals surface area contributed by atoms with Gasteiger partial charge in [-0.3, -0.25) is 0 Å². The third kappa shape index (κ3) is 3.85. The molecule has 0 fully saturated rings. The predicted octanol–water partition coefficient (Wildman–Crippen LogP) is 1.28. The first-order valence-electron chi connectivity index (χ1n) is 5.47. The number of methoxy groups -OCH3 is 1. The number of nitrogens with zero attached hydrogens (tertiary/aromatic N) is 1. The maximum Gasteiger partial charge on any atom is 0.0716 e. The molecular weight excluding hydrogens is 242 g/mol. The summed E-state index contributed by atoms with van der Waals surface area (Å²) < 4.78 is 5.03. The maximum atomic E-state index is 9.34. The van der Waals surface area contributed by atoms with E-state index in [-0.39, 0.29) is 13.2 Å². The molecule has 0 aromatic heterocycles. The molecule has 96 valence electrons. The van der Waals surface area contributed by atoms with E-state index in [0.717, 1.165) is 5.69 Å². The van der Waals surface area contributed by atoms with E-state index in [1.165, 1.54) is 0 Å². The summed E-state index contributed by atoms with van der Waals surface area (Å²) in [5, 5.41) is 18.9. The van der Waals surface area contributed by atoms with E-state index < -0.39 is 0 Å². The summed E-state index contributed by atoms with van der Waals surface area (Å²) in [6, 6.07) is 5.45. The lowest BCUT2D eigenvalue weighted by Gasteiger charge is -2.26. The number of rotatable bonds is 7. The quantitative estimate of drug-likeness (QED) is 0.775. The molecule has 1 aromatic carbocycles. The van der Waals surface area contributed by atoms with Crippen LogP contribution in [0.1, 0.15) is 5.56 Å². The van der Waals surface area contributed by atoms with Crippen LogP contribution in [0.2, 0.25) is 5.02 Å². The number of aliphatic hydroxyl groups is 2. The molecule has 0 saturated heterocycles. The van der Waals surface area contributed by atoms with Crippen molar-refractivity contribution in [1.82, 2.24) is 0 Å². The molecule has 0 amide bonds. The molecule has 0 aliphatic carbocycles. The Labute approximate surface area is 106 Å². The standard InChI is InChI=1S/C12H18ClNO3/c1-17-8-6-14(5-7-15)12-4-2-3-11(13)10(12)9-16/h2-4,15-16H,5-9H2,1H3. The zero-order valence-electron chi connectivity index (χ0n) is 9.90. The fourth-order valence-corrected chi connectivity index (χ4v) is 1.90. The van der Waals surface area contributed by atoms with Gasteiger partial charge in [0.1, 0.15) is 0 Å². The highest BCUT2D eigenvalue weighted by molar-refractivity contribution is 6.31. The Bertz CT molecular complexity index is 347. The van der Waals surface area contributed by atoms with Crippen molar-refractivity contribution in [2.75, 3.05) is 38.3 Å². The van der Waals surface area contributed by atoms with Crippen molar-refractivity contribution in [2.24, 2.45) is 0 Å². The average Bonchev–Trinajstić information content (AvgIpc) is 2.34. The van der Waals surface area contributed by atoms with Gasteiger partial charge in [-0.15, -0.1) is 0 Å². The first-order chi connectivity index (χ1) is 8.24. The Kier molecular flexibility index (Phi) is 6.29.